The molecule has 2 nitrogen and oxygen atoms in total. The van der Waals surface area contributed by atoms with Crippen molar-refractivity contribution in [1.82, 2.24) is 0 Å². The van der Waals surface area contributed by atoms with Gasteiger partial charge in [-0.2, -0.15) is 13.2 Å². The highest BCUT2D eigenvalue weighted by molar-refractivity contribution is 6.30. The molecule has 0 amide bonds. The lowest BCUT2D eigenvalue weighted by atomic mass is 9.90. The molecule has 0 aliphatic rings. The molecule has 0 radical (unpaired) electrons. The lowest BCUT2D eigenvalue weighted by molar-refractivity contribution is -0.144. The number of carbonyl (C=O) groups excluding carboxylic acids is 1. The zero-order valence-corrected chi connectivity index (χ0v) is 12.1. The lowest BCUT2D eigenvalue weighted by Gasteiger charge is -2.20. The summed E-state index contributed by atoms with van der Waals surface area (Å²) in [5.74, 6) is -1.47. The molecule has 0 saturated heterocycles. The molecule has 112 valence electrons. The van der Waals surface area contributed by atoms with E-state index in [0.29, 0.717) is 6.42 Å². The topological polar surface area (TPSA) is 26.3 Å². The van der Waals surface area contributed by atoms with E-state index in [2.05, 4.69) is 4.74 Å². The smallest absolute Gasteiger partial charge is 0.416 e. The molecule has 1 aromatic carbocycles. The number of esters is 1. The maximum atomic E-state index is 13.0. The number of halogens is 5. The molecular weight excluding hydrogens is 316 g/mol. The fraction of sp³-hybridized carbons (Fsp3) is 0.462. The molecule has 0 bridgehead atoms. The van der Waals surface area contributed by atoms with Crippen molar-refractivity contribution in [2.45, 2.75) is 24.9 Å². The molecule has 0 N–H and O–H groups in total. The first-order valence-electron chi connectivity index (χ1n) is 5.81. The highest BCUT2D eigenvalue weighted by Gasteiger charge is 2.37. The van der Waals surface area contributed by atoms with Crippen molar-refractivity contribution in [1.29, 1.82) is 0 Å². The summed E-state index contributed by atoms with van der Waals surface area (Å²) in [6.07, 6.45) is -4.00. The van der Waals surface area contributed by atoms with Crippen molar-refractivity contribution in [3.05, 3.63) is 34.3 Å². The Morgan fingerprint density at radius 1 is 1.40 bits per heavy atom. The molecule has 0 aliphatic carbocycles. The zero-order chi connectivity index (χ0) is 15.3. The van der Waals surface area contributed by atoms with Crippen molar-refractivity contribution >= 4 is 29.2 Å². The van der Waals surface area contributed by atoms with Gasteiger partial charge in [-0.1, -0.05) is 17.7 Å². The van der Waals surface area contributed by atoms with Crippen LogP contribution in [0.2, 0.25) is 5.02 Å². The normalized spacial score (nSPS) is 13.1. The summed E-state index contributed by atoms with van der Waals surface area (Å²) in [5, 5.41) is -0.0398. The predicted molar refractivity (Wildman–Crippen MR) is 71.2 cm³/mol. The van der Waals surface area contributed by atoms with E-state index >= 15 is 0 Å². The second kappa shape index (κ2) is 7.18. The molecule has 0 aliphatic heterocycles. The molecule has 0 fully saturated rings. The summed E-state index contributed by atoms with van der Waals surface area (Å²) in [4.78, 5) is 11.7. The second-order valence-electron chi connectivity index (χ2n) is 4.14. The van der Waals surface area contributed by atoms with Gasteiger partial charge in [0.05, 0.1) is 18.6 Å². The van der Waals surface area contributed by atoms with E-state index in [0.717, 1.165) is 13.2 Å². The van der Waals surface area contributed by atoms with Crippen LogP contribution in [-0.4, -0.2) is 19.0 Å². The van der Waals surface area contributed by atoms with Crippen molar-refractivity contribution in [3.63, 3.8) is 0 Å². The average Bonchev–Trinajstić information content (AvgIpc) is 2.38. The number of ether oxygens (including phenoxy) is 1. The van der Waals surface area contributed by atoms with Crippen LogP contribution in [0.15, 0.2) is 18.2 Å². The number of hydrogen-bond donors (Lipinski definition) is 0. The number of benzene rings is 1. The van der Waals surface area contributed by atoms with E-state index in [9.17, 15) is 18.0 Å². The standard InChI is InChI=1S/C13H13Cl2F3O2/c1-20-12(19)10(3-2-6-14)9-5-4-8(15)7-11(9)13(16,17)18/h4-5,7,10H,2-3,6H2,1H3. The third kappa shape index (κ3) is 4.28. The van der Waals surface area contributed by atoms with Crippen LogP contribution in [-0.2, 0) is 15.7 Å². The Hall–Kier alpha value is -0.940. The molecule has 0 saturated carbocycles. The van der Waals surface area contributed by atoms with Crippen molar-refractivity contribution in [2.75, 3.05) is 13.0 Å². The van der Waals surface area contributed by atoms with Crippen molar-refractivity contribution < 1.29 is 22.7 Å². The van der Waals surface area contributed by atoms with Crippen molar-refractivity contribution in [2.24, 2.45) is 0 Å². The minimum atomic E-state index is -4.59. The Balaban J connectivity index is 3.28. The minimum absolute atomic E-state index is 0.0398. The van der Waals surface area contributed by atoms with Crippen LogP contribution < -0.4 is 0 Å². The Morgan fingerprint density at radius 3 is 2.55 bits per heavy atom. The highest BCUT2D eigenvalue weighted by Crippen LogP contribution is 2.38. The zero-order valence-electron chi connectivity index (χ0n) is 10.6. The van der Waals surface area contributed by atoms with E-state index in [4.69, 9.17) is 23.2 Å². The molecule has 0 heterocycles. The number of alkyl halides is 4. The first kappa shape index (κ1) is 17.1. The predicted octanol–water partition coefficient (Wildman–Crippen LogP) is 4.63. The van der Waals surface area contributed by atoms with E-state index in [1.807, 2.05) is 0 Å². The fourth-order valence-electron chi connectivity index (χ4n) is 1.90. The van der Waals surface area contributed by atoms with Gasteiger partial charge in [-0.3, -0.25) is 4.79 Å². The van der Waals surface area contributed by atoms with Crippen LogP contribution in [0.5, 0.6) is 0 Å². The van der Waals surface area contributed by atoms with E-state index in [-0.39, 0.29) is 22.9 Å². The SMILES string of the molecule is COC(=O)C(CCCCl)c1ccc(Cl)cc1C(F)(F)F. The number of carbonyl (C=O) groups is 1. The van der Waals surface area contributed by atoms with Gasteiger partial charge in [0.1, 0.15) is 0 Å². The van der Waals surface area contributed by atoms with Crippen LogP contribution in [0, 0.1) is 0 Å². The maximum Gasteiger partial charge on any atom is 0.416 e. The van der Waals surface area contributed by atoms with Crippen LogP contribution >= 0.6 is 23.2 Å². The Labute approximate surface area is 124 Å². The van der Waals surface area contributed by atoms with E-state index in [1.165, 1.54) is 12.1 Å². The average molecular weight is 329 g/mol. The minimum Gasteiger partial charge on any atom is -0.469 e. The third-order valence-corrected chi connectivity index (χ3v) is 3.31. The van der Waals surface area contributed by atoms with Gasteiger partial charge in [0.25, 0.3) is 0 Å². The summed E-state index contributed by atoms with van der Waals surface area (Å²) in [6.45, 7) is 0. The van der Waals surface area contributed by atoms with Gasteiger partial charge in [0.15, 0.2) is 0 Å². The summed E-state index contributed by atoms with van der Waals surface area (Å²) in [7, 11) is 1.14. The summed E-state index contributed by atoms with van der Waals surface area (Å²) in [5.41, 5.74) is -1.06. The van der Waals surface area contributed by atoms with Crippen molar-refractivity contribution in [3.8, 4) is 0 Å². The number of hydrogen-bond acceptors (Lipinski definition) is 2. The first-order valence-corrected chi connectivity index (χ1v) is 6.73. The van der Waals surface area contributed by atoms with E-state index in [1.54, 1.807) is 0 Å². The van der Waals surface area contributed by atoms with Gasteiger partial charge < -0.3 is 4.74 Å². The van der Waals surface area contributed by atoms with Crippen LogP contribution in [0.4, 0.5) is 13.2 Å². The van der Waals surface area contributed by atoms with Gasteiger partial charge in [-0.15, -0.1) is 11.6 Å². The molecule has 1 unspecified atom stereocenters. The molecule has 7 heteroatoms. The summed E-state index contributed by atoms with van der Waals surface area (Å²) >= 11 is 11.1. The molecule has 1 rings (SSSR count). The Kier molecular flexibility index (Phi) is 6.14. The molecular formula is C13H13Cl2F3O2. The highest BCUT2D eigenvalue weighted by atomic mass is 35.5. The van der Waals surface area contributed by atoms with Gasteiger partial charge in [-0.05, 0) is 30.5 Å². The van der Waals surface area contributed by atoms with E-state index < -0.39 is 23.6 Å². The van der Waals surface area contributed by atoms with Gasteiger partial charge >= 0.3 is 12.1 Å². The maximum absolute atomic E-state index is 13.0. The Morgan fingerprint density at radius 2 is 2.05 bits per heavy atom. The lowest BCUT2D eigenvalue weighted by Crippen LogP contribution is -2.19. The van der Waals surface area contributed by atoms with Crippen LogP contribution in [0.1, 0.15) is 29.9 Å². The number of rotatable bonds is 5. The first-order chi connectivity index (χ1) is 9.31. The molecule has 0 aromatic heterocycles. The molecule has 1 aromatic rings. The quantitative estimate of drug-likeness (QED) is 0.581. The molecule has 1 atom stereocenters. The summed E-state index contributed by atoms with van der Waals surface area (Å²) in [6, 6.07) is 3.34. The van der Waals surface area contributed by atoms with Crippen LogP contribution in [0.3, 0.4) is 0 Å². The third-order valence-electron chi connectivity index (χ3n) is 2.81. The monoisotopic (exact) mass is 328 g/mol. The molecule has 20 heavy (non-hydrogen) atoms. The molecule has 0 spiro atoms. The second-order valence-corrected chi connectivity index (χ2v) is 4.95. The van der Waals surface area contributed by atoms with Gasteiger partial charge in [0.2, 0.25) is 0 Å². The summed E-state index contributed by atoms with van der Waals surface area (Å²) < 4.78 is 43.7. The largest absolute Gasteiger partial charge is 0.469 e. The van der Waals surface area contributed by atoms with Crippen LogP contribution in [0.25, 0.3) is 0 Å². The number of methoxy groups -OCH3 is 1. The Bertz CT molecular complexity index is 475. The van der Waals surface area contributed by atoms with Gasteiger partial charge in [-0.25, -0.2) is 0 Å². The van der Waals surface area contributed by atoms with Gasteiger partial charge in [0, 0.05) is 10.9 Å². The fourth-order valence-corrected chi connectivity index (χ4v) is 2.23.